The molecule has 0 fully saturated rings. The SMILES string of the molecule is Cc1ccc(N=Cc2c(C)n(Cc3ccccc3)c3ccccc23)cc1C. The zero-order valence-electron chi connectivity index (χ0n) is 16.1. The van der Waals surface area contributed by atoms with Crippen molar-refractivity contribution in [3.63, 3.8) is 0 Å². The zero-order valence-corrected chi connectivity index (χ0v) is 16.1. The Hall–Kier alpha value is -3.13. The third-order valence-corrected chi connectivity index (χ3v) is 5.30. The van der Waals surface area contributed by atoms with E-state index in [1.165, 1.54) is 38.9 Å². The van der Waals surface area contributed by atoms with Crippen molar-refractivity contribution >= 4 is 22.8 Å². The maximum Gasteiger partial charge on any atom is 0.0632 e. The average Bonchev–Trinajstić information content (AvgIpc) is 2.95. The van der Waals surface area contributed by atoms with Crippen LogP contribution in [0.4, 0.5) is 5.69 Å². The Labute approximate surface area is 160 Å². The van der Waals surface area contributed by atoms with E-state index in [2.05, 4.69) is 98.1 Å². The van der Waals surface area contributed by atoms with Gasteiger partial charge in [0.1, 0.15) is 0 Å². The second kappa shape index (κ2) is 7.24. The number of fused-ring (bicyclic) bond motifs is 1. The number of benzene rings is 3. The first kappa shape index (κ1) is 17.3. The van der Waals surface area contributed by atoms with Gasteiger partial charge in [-0.1, -0.05) is 54.6 Å². The van der Waals surface area contributed by atoms with Crippen LogP contribution in [0, 0.1) is 20.8 Å². The van der Waals surface area contributed by atoms with E-state index in [9.17, 15) is 0 Å². The number of aryl methyl sites for hydroxylation is 2. The average molecular weight is 352 g/mol. The van der Waals surface area contributed by atoms with Gasteiger partial charge in [0, 0.05) is 34.9 Å². The molecule has 0 spiro atoms. The smallest absolute Gasteiger partial charge is 0.0632 e. The molecule has 134 valence electrons. The molecule has 0 atom stereocenters. The molecular formula is C25H24N2. The molecule has 0 unspecified atom stereocenters. The van der Waals surface area contributed by atoms with Crippen LogP contribution in [-0.2, 0) is 6.54 Å². The van der Waals surface area contributed by atoms with Gasteiger partial charge in [-0.3, -0.25) is 4.99 Å². The molecule has 1 heterocycles. The fraction of sp³-hybridized carbons (Fsp3) is 0.160. The van der Waals surface area contributed by atoms with E-state index in [1.54, 1.807) is 0 Å². The highest BCUT2D eigenvalue weighted by atomic mass is 15.0. The molecule has 4 aromatic rings. The summed E-state index contributed by atoms with van der Waals surface area (Å²) in [5, 5.41) is 1.25. The summed E-state index contributed by atoms with van der Waals surface area (Å²) in [7, 11) is 0. The van der Waals surface area contributed by atoms with E-state index in [4.69, 9.17) is 4.99 Å². The molecule has 1 aromatic heterocycles. The Kier molecular flexibility index (Phi) is 4.64. The van der Waals surface area contributed by atoms with Gasteiger partial charge in [-0.25, -0.2) is 0 Å². The molecule has 0 aliphatic rings. The van der Waals surface area contributed by atoms with Crippen LogP contribution < -0.4 is 0 Å². The molecule has 0 bridgehead atoms. The van der Waals surface area contributed by atoms with Gasteiger partial charge < -0.3 is 4.57 Å². The normalized spacial score (nSPS) is 11.5. The monoisotopic (exact) mass is 352 g/mol. The van der Waals surface area contributed by atoms with Crippen LogP contribution in [0.25, 0.3) is 10.9 Å². The maximum atomic E-state index is 4.77. The topological polar surface area (TPSA) is 17.3 Å². The van der Waals surface area contributed by atoms with Crippen LogP contribution in [0.1, 0.15) is 27.9 Å². The summed E-state index contributed by atoms with van der Waals surface area (Å²) >= 11 is 0. The van der Waals surface area contributed by atoms with Crippen molar-refractivity contribution < 1.29 is 0 Å². The first-order valence-corrected chi connectivity index (χ1v) is 9.36. The standard InChI is InChI=1S/C25H24N2/c1-18-13-14-22(15-19(18)2)26-16-24-20(3)27(17-21-9-5-4-6-10-21)25-12-8-7-11-23(24)25/h4-16H,17H2,1-3H3. The summed E-state index contributed by atoms with van der Waals surface area (Å²) < 4.78 is 2.38. The van der Waals surface area contributed by atoms with E-state index in [1.807, 2.05) is 6.21 Å². The van der Waals surface area contributed by atoms with Gasteiger partial charge in [-0.15, -0.1) is 0 Å². The molecule has 0 saturated heterocycles. The lowest BCUT2D eigenvalue weighted by Crippen LogP contribution is -2.02. The highest BCUT2D eigenvalue weighted by molar-refractivity contribution is 6.01. The van der Waals surface area contributed by atoms with Crippen molar-refractivity contribution in [1.29, 1.82) is 0 Å². The third kappa shape index (κ3) is 3.43. The molecule has 0 N–H and O–H groups in total. The second-order valence-corrected chi connectivity index (χ2v) is 7.11. The second-order valence-electron chi connectivity index (χ2n) is 7.11. The highest BCUT2D eigenvalue weighted by Crippen LogP contribution is 2.26. The third-order valence-electron chi connectivity index (χ3n) is 5.30. The Morgan fingerprint density at radius 1 is 0.815 bits per heavy atom. The molecule has 0 aliphatic carbocycles. The van der Waals surface area contributed by atoms with Crippen molar-refractivity contribution in [1.82, 2.24) is 4.57 Å². The summed E-state index contributed by atoms with van der Waals surface area (Å²) in [4.78, 5) is 4.77. The van der Waals surface area contributed by atoms with Crippen LogP contribution in [0.3, 0.4) is 0 Å². The summed E-state index contributed by atoms with van der Waals surface area (Å²) in [5.74, 6) is 0. The largest absolute Gasteiger partial charge is 0.340 e. The first-order chi connectivity index (χ1) is 13.1. The van der Waals surface area contributed by atoms with E-state index < -0.39 is 0 Å². The molecule has 4 rings (SSSR count). The van der Waals surface area contributed by atoms with Crippen LogP contribution in [0.15, 0.2) is 77.8 Å². The van der Waals surface area contributed by atoms with Gasteiger partial charge in [-0.2, -0.15) is 0 Å². The highest BCUT2D eigenvalue weighted by Gasteiger charge is 2.12. The summed E-state index contributed by atoms with van der Waals surface area (Å²) in [6, 6.07) is 25.5. The van der Waals surface area contributed by atoms with Gasteiger partial charge in [0.2, 0.25) is 0 Å². The van der Waals surface area contributed by atoms with E-state index >= 15 is 0 Å². The predicted octanol–water partition coefficient (Wildman–Crippen LogP) is 6.37. The first-order valence-electron chi connectivity index (χ1n) is 9.36. The Morgan fingerprint density at radius 2 is 1.56 bits per heavy atom. The van der Waals surface area contributed by atoms with Crippen molar-refractivity contribution in [3.8, 4) is 0 Å². The minimum Gasteiger partial charge on any atom is -0.340 e. The lowest BCUT2D eigenvalue weighted by molar-refractivity contribution is 0.804. The summed E-state index contributed by atoms with van der Waals surface area (Å²) in [5.41, 5.74) is 8.56. The quantitative estimate of drug-likeness (QED) is 0.380. The van der Waals surface area contributed by atoms with Crippen LogP contribution in [0.2, 0.25) is 0 Å². The lowest BCUT2D eigenvalue weighted by atomic mass is 10.1. The molecule has 2 heteroatoms. The molecule has 0 saturated carbocycles. The molecule has 0 amide bonds. The number of aliphatic imine (C=N–C) groups is 1. The summed E-state index contributed by atoms with van der Waals surface area (Å²) in [6.07, 6.45) is 2.02. The minimum absolute atomic E-state index is 0.866. The molecule has 0 aliphatic heterocycles. The Balaban J connectivity index is 1.77. The summed E-state index contributed by atoms with van der Waals surface area (Å²) in [6.45, 7) is 7.31. The van der Waals surface area contributed by atoms with Crippen LogP contribution in [0.5, 0.6) is 0 Å². The molecule has 27 heavy (non-hydrogen) atoms. The van der Waals surface area contributed by atoms with Crippen LogP contribution >= 0.6 is 0 Å². The molecule has 3 aromatic carbocycles. The molecule has 2 nitrogen and oxygen atoms in total. The van der Waals surface area contributed by atoms with E-state index in [0.717, 1.165) is 12.2 Å². The van der Waals surface area contributed by atoms with Gasteiger partial charge in [0.25, 0.3) is 0 Å². The van der Waals surface area contributed by atoms with Crippen molar-refractivity contribution in [3.05, 3.63) is 101 Å². The minimum atomic E-state index is 0.866. The van der Waals surface area contributed by atoms with Crippen molar-refractivity contribution in [2.24, 2.45) is 4.99 Å². The zero-order chi connectivity index (χ0) is 18.8. The lowest BCUT2D eigenvalue weighted by Gasteiger charge is -2.08. The van der Waals surface area contributed by atoms with E-state index in [-0.39, 0.29) is 0 Å². The number of rotatable bonds is 4. The maximum absolute atomic E-state index is 4.77. The van der Waals surface area contributed by atoms with Gasteiger partial charge in [0.15, 0.2) is 0 Å². The fourth-order valence-electron chi connectivity index (χ4n) is 3.54. The number of para-hydroxylation sites is 1. The predicted molar refractivity (Wildman–Crippen MR) is 115 cm³/mol. The van der Waals surface area contributed by atoms with Crippen molar-refractivity contribution in [2.75, 3.05) is 0 Å². The molecular weight excluding hydrogens is 328 g/mol. The van der Waals surface area contributed by atoms with Gasteiger partial charge >= 0.3 is 0 Å². The number of nitrogens with zero attached hydrogens (tertiary/aromatic N) is 2. The van der Waals surface area contributed by atoms with Gasteiger partial charge in [-0.05, 0) is 55.7 Å². The molecule has 0 radical (unpaired) electrons. The Morgan fingerprint density at radius 3 is 2.33 bits per heavy atom. The Bertz CT molecular complexity index is 1120. The fourth-order valence-corrected chi connectivity index (χ4v) is 3.54. The van der Waals surface area contributed by atoms with Crippen molar-refractivity contribution in [2.45, 2.75) is 27.3 Å². The van der Waals surface area contributed by atoms with Gasteiger partial charge in [0.05, 0.1) is 5.69 Å². The van der Waals surface area contributed by atoms with E-state index in [0.29, 0.717) is 0 Å². The number of hydrogen-bond donors (Lipinski definition) is 0. The van der Waals surface area contributed by atoms with Crippen LogP contribution in [-0.4, -0.2) is 10.8 Å². The number of hydrogen-bond acceptors (Lipinski definition) is 1. The number of aromatic nitrogens is 1.